The monoisotopic (exact) mass is 370 g/mol. The lowest BCUT2D eigenvalue weighted by molar-refractivity contribution is -0.130. The minimum absolute atomic E-state index is 0.154. The summed E-state index contributed by atoms with van der Waals surface area (Å²) in [5.41, 5.74) is 1.07. The summed E-state index contributed by atoms with van der Waals surface area (Å²) in [5.74, 6) is 2.38. The molecule has 0 fully saturated rings. The van der Waals surface area contributed by atoms with E-state index in [0.717, 1.165) is 17.2 Å². The van der Waals surface area contributed by atoms with E-state index in [-0.39, 0.29) is 5.91 Å². The van der Waals surface area contributed by atoms with Gasteiger partial charge in [0.1, 0.15) is 18.8 Å². The molecular formula is C17H18N6O2S. The maximum Gasteiger partial charge on any atom is 0.227 e. The van der Waals surface area contributed by atoms with Crippen molar-refractivity contribution < 1.29 is 9.53 Å². The average Bonchev–Trinajstić information content (AvgIpc) is 3.26. The maximum absolute atomic E-state index is 12.5. The zero-order valence-electron chi connectivity index (χ0n) is 14.1. The number of rotatable bonds is 5. The highest BCUT2D eigenvalue weighted by atomic mass is 32.1. The first-order chi connectivity index (χ1) is 12.8. The van der Waals surface area contributed by atoms with E-state index >= 15 is 0 Å². The van der Waals surface area contributed by atoms with E-state index in [9.17, 15) is 4.79 Å². The fourth-order valence-electron chi connectivity index (χ4n) is 2.93. The molecule has 0 spiro atoms. The number of aromatic nitrogens is 5. The van der Waals surface area contributed by atoms with Crippen molar-refractivity contribution in [3.8, 4) is 5.75 Å². The van der Waals surface area contributed by atoms with Crippen molar-refractivity contribution in [1.82, 2.24) is 29.6 Å². The molecule has 0 bridgehead atoms. The fourth-order valence-corrected chi connectivity index (χ4v) is 3.60. The lowest BCUT2D eigenvalue weighted by Gasteiger charge is -2.20. The van der Waals surface area contributed by atoms with E-state index in [0.29, 0.717) is 44.8 Å². The standard InChI is InChI=1S/C17H18N6O2S/c24-17(7-13-2-6-26-11-13)22-3-1-15-20-21-16(23(15)5-4-22)10-25-14-8-18-12-19-9-14/h2,6,8-9,11-12H,1,3-5,7,10H2. The van der Waals surface area contributed by atoms with Crippen LogP contribution in [-0.4, -0.2) is 48.6 Å². The fraction of sp³-hybridized carbons (Fsp3) is 0.353. The summed E-state index contributed by atoms with van der Waals surface area (Å²) < 4.78 is 7.72. The summed E-state index contributed by atoms with van der Waals surface area (Å²) in [7, 11) is 0. The van der Waals surface area contributed by atoms with E-state index in [1.807, 2.05) is 26.3 Å². The van der Waals surface area contributed by atoms with Crippen LogP contribution in [0.2, 0.25) is 0 Å². The van der Waals surface area contributed by atoms with Gasteiger partial charge in [-0.05, 0) is 22.4 Å². The molecule has 134 valence electrons. The molecule has 4 rings (SSSR count). The van der Waals surface area contributed by atoms with Crippen LogP contribution in [0.4, 0.5) is 0 Å². The summed E-state index contributed by atoms with van der Waals surface area (Å²) in [5, 5.41) is 12.5. The molecule has 1 amide bonds. The Hall–Kier alpha value is -2.81. The predicted molar refractivity (Wildman–Crippen MR) is 94.7 cm³/mol. The van der Waals surface area contributed by atoms with Crippen LogP contribution in [0.15, 0.2) is 35.5 Å². The Bertz CT molecular complexity index is 865. The molecule has 3 aromatic heterocycles. The molecule has 1 aliphatic rings. The average molecular weight is 370 g/mol. The third-order valence-electron chi connectivity index (χ3n) is 4.30. The molecule has 0 aliphatic carbocycles. The third-order valence-corrected chi connectivity index (χ3v) is 5.03. The number of carbonyl (C=O) groups is 1. The van der Waals surface area contributed by atoms with Crippen molar-refractivity contribution in [2.75, 3.05) is 13.1 Å². The van der Waals surface area contributed by atoms with Crippen LogP contribution in [0.1, 0.15) is 17.2 Å². The van der Waals surface area contributed by atoms with Crippen LogP contribution in [0.3, 0.4) is 0 Å². The number of fused-ring (bicyclic) bond motifs is 1. The SMILES string of the molecule is O=C(Cc1ccsc1)N1CCc2nnc(COc3cncnc3)n2CC1. The molecule has 0 unspecified atom stereocenters. The number of nitrogens with zero attached hydrogens (tertiary/aromatic N) is 6. The molecule has 4 heterocycles. The number of hydrogen-bond donors (Lipinski definition) is 0. The van der Waals surface area contributed by atoms with Crippen molar-refractivity contribution in [2.45, 2.75) is 26.0 Å². The Kier molecular flexibility index (Phi) is 4.87. The van der Waals surface area contributed by atoms with Gasteiger partial charge < -0.3 is 14.2 Å². The van der Waals surface area contributed by atoms with E-state index in [2.05, 4.69) is 20.2 Å². The molecule has 8 nitrogen and oxygen atoms in total. The lowest BCUT2D eigenvalue weighted by atomic mass is 10.2. The maximum atomic E-state index is 12.5. The molecule has 0 aromatic carbocycles. The van der Waals surface area contributed by atoms with Gasteiger partial charge in [0.05, 0.1) is 18.8 Å². The second kappa shape index (κ2) is 7.61. The second-order valence-electron chi connectivity index (χ2n) is 5.99. The Morgan fingerprint density at radius 1 is 1.19 bits per heavy atom. The summed E-state index contributed by atoms with van der Waals surface area (Å²) >= 11 is 1.61. The van der Waals surface area contributed by atoms with Gasteiger partial charge in [0, 0.05) is 26.1 Å². The number of thiophene rings is 1. The van der Waals surface area contributed by atoms with Gasteiger partial charge in [0.15, 0.2) is 11.6 Å². The van der Waals surface area contributed by atoms with Crippen molar-refractivity contribution in [2.24, 2.45) is 0 Å². The zero-order chi connectivity index (χ0) is 17.8. The lowest BCUT2D eigenvalue weighted by Crippen LogP contribution is -2.34. The Balaban J connectivity index is 1.39. The third kappa shape index (κ3) is 3.72. The van der Waals surface area contributed by atoms with Gasteiger partial charge in [-0.2, -0.15) is 11.3 Å². The molecule has 0 atom stereocenters. The largest absolute Gasteiger partial charge is 0.482 e. The molecule has 0 saturated carbocycles. The van der Waals surface area contributed by atoms with E-state index < -0.39 is 0 Å². The summed E-state index contributed by atoms with van der Waals surface area (Å²) in [4.78, 5) is 22.3. The molecular weight excluding hydrogens is 352 g/mol. The van der Waals surface area contributed by atoms with Crippen LogP contribution in [0, 0.1) is 0 Å². The summed E-state index contributed by atoms with van der Waals surface area (Å²) in [6.45, 7) is 2.27. The van der Waals surface area contributed by atoms with E-state index in [1.165, 1.54) is 6.33 Å². The first-order valence-electron chi connectivity index (χ1n) is 8.37. The highest BCUT2D eigenvalue weighted by Crippen LogP contribution is 2.14. The highest BCUT2D eigenvalue weighted by Gasteiger charge is 2.22. The van der Waals surface area contributed by atoms with Crippen molar-refractivity contribution in [3.63, 3.8) is 0 Å². The van der Waals surface area contributed by atoms with Crippen LogP contribution in [-0.2, 0) is 30.8 Å². The van der Waals surface area contributed by atoms with Crippen LogP contribution in [0.25, 0.3) is 0 Å². The first-order valence-corrected chi connectivity index (χ1v) is 9.31. The normalized spacial score (nSPS) is 13.9. The Morgan fingerprint density at radius 3 is 2.88 bits per heavy atom. The molecule has 3 aromatic rings. The highest BCUT2D eigenvalue weighted by molar-refractivity contribution is 7.08. The molecule has 9 heteroatoms. The minimum atomic E-state index is 0.154. The van der Waals surface area contributed by atoms with Gasteiger partial charge in [0.2, 0.25) is 5.91 Å². The van der Waals surface area contributed by atoms with Crippen LogP contribution < -0.4 is 4.74 Å². The first kappa shape index (κ1) is 16.6. The van der Waals surface area contributed by atoms with Gasteiger partial charge in [-0.1, -0.05) is 0 Å². The Morgan fingerprint density at radius 2 is 2.08 bits per heavy atom. The number of hydrogen-bond acceptors (Lipinski definition) is 7. The van der Waals surface area contributed by atoms with Gasteiger partial charge in [-0.3, -0.25) is 4.79 Å². The van der Waals surface area contributed by atoms with Crippen molar-refractivity contribution in [3.05, 3.63) is 52.8 Å². The van der Waals surface area contributed by atoms with E-state index in [4.69, 9.17) is 4.74 Å². The van der Waals surface area contributed by atoms with Gasteiger partial charge in [-0.25, -0.2) is 9.97 Å². The zero-order valence-corrected chi connectivity index (χ0v) is 14.9. The Labute approximate surface area is 154 Å². The molecule has 0 saturated heterocycles. The smallest absolute Gasteiger partial charge is 0.227 e. The second-order valence-corrected chi connectivity index (χ2v) is 6.77. The predicted octanol–water partition coefficient (Wildman–Crippen LogP) is 1.34. The molecule has 26 heavy (non-hydrogen) atoms. The molecule has 1 aliphatic heterocycles. The summed E-state index contributed by atoms with van der Waals surface area (Å²) in [6, 6.07) is 2.00. The van der Waals surface area contributed by atoms with Gasteiger partial charge >= 0.3 is 0 Å². The molecule has 0 N–H and O–H groups in total. The quantitative estimate of drug-likeness (QED) is 0.674. The number of amides is 1. The van der Waals surface area contributed by atoms with E-state index in [1.54, 1.807) is 23.7 Å². The van der Waals surface area contributed by atoms with Crippen molar-refractivity contribution >= 4 is 17.2 Å². The minimum Gasteiger partial charge on any atom is -0.482 e. The topological polar surface area (TPSA) is 86.0 Å². The molecule has 0 radical (unpaired) electrons. The summed E-state index contributed by atoms with van der Waals surface area (Å²) in [6.07, 6.45) is 5.82. The van der Waals surface area contributed by atoms with Gasteiger partial charge in [-0.15, -0.1) is 10.2 Å². The van der Waals surface area contributed by atoms with Crippen LogP contribution in [0.5, 0.6) is 5.75 Å². The van der Waals surface area contributed by atoms with Crippen molar-refractivity contribution in [1.29, 1.82) is 0 Å². The van der Waals surface area contributed by atoms with Gasteiger partial charge in [0.25, 0.3) is 0 Å². The number of ether oxygens (including phenoxy) is 1. The van der Waals surface area contributed by atoms with Crippen LogP contribution >= 0.6 is 11.3 Å². The number of carbonyl (C=O) groups excluding carboxylic acids is 1.